The van der Waals surface area contributed by atoms with Gasteiger partial charge in [-0.2, -0.15) is 0 Å². The molecule has 0 fully saturated rings. The SMILES string of the molecule is O=C(NCCc1ccncc1)c1ncccc1Br. The summed E-state index contributed by atoms with van der Waals surface area (Å²) in [6.07, 6.45) is 5.86. The van der Waals surface area contributed by atoms with Gasteiger partial charge < -0.3 is 5.32 Å². The average molecular weight is 306 g/mol. The molecule has 2 aromatic rings. The molecule has 2 aromatic heterocycles. The van der Waals surface area contributed by atoms with Crippen LogP contribution < -0.4 is 5.32 Å². The van der Waals surface area contributed by atoms with Crippen molar-refractivity contribution < 1.29 is 4.79 Å². The smallest absolute Gasteiger partial charge is 0.271 e. The van der Waals surface area contributed by atoms with Crippen molar-refractivity contribution in [1.29, 1.82) is 0 Å². The highest BCUT2D eigenvalue weighted by Gasteiger charge is 2.09. The van der Waals surface area contributed by atoms with E-state index in [1.165, 1.54) is 0 Å². The number of carbonyl (C=O) groups excluding carboxylic acids is 1. The van der Waals surface area contributed by atoms with E-state index in [0.29, 0.717) is 16.7 Å². The molecule has 0 saturated heterocycles. The van der Waals surface area contributed by atoms with E-state index >= 15 is 0 Å². The second-order valence-corrected chi connectivity index (χ2v) is 4.55. The molecule has 0 atom stereocenters. The van der Waals surface area contributed by atoms with Gasteiger partial charge in [0.1, 0.15) is 5.69 Å². The third-order valence-corrected chi connectivity index (χ3v) is 3.06. The summed E-state index contributed by atoms with van der Waals surface area (Å²) in [6, 6.07) is 7.44. The topological polar surface area (TPSA) is 54.9 Å². The maximum absolute atomic E-state index is 11.8. The fourth-order valence-electron chi connectivity index (χ4n) is 1.51. The molecule has 4 nitrogen and oxygen atoms in total. The second-order valence-electron chi connectivity index (χ2n) is 3.70. The van der Waals surface area contributed by atoms with Crippen LogP contribution in [0.25, 0.3) is 0 Å². The zero-order valence-electron chi connectivity index (χ0n) is 9.64. The summed E-state index contributed by atoms with van der Waals surface area (Å²) in [5.74, 6) is -0.170. The van der Waals surface area contributed by atoms with Crippen LogP contribution in [0.3, 0.4) is 0 Å². The van der Waals surface area contributed by atoms with Gasteiger partial charge in [0.2, 0.25) is 0 Å². The van der Waals surface area contributed by atoms with Crippen molar-refractivity contribution in [3.05, 3.63) is 58.6 Å². The normalized spacial score (nSPS) is 10.1. The van der Waals surface area contributed by atoms with Gasteiger partial charge in [-0.3, -0.25) is 9.78 Å². The Hall–Kier alpha value is -1.75. The Bertz CT molecular complexity index is 531. The van der Waals surface area contributed by atoms with Crippen LogP contribution in [0.15, 0.2) is 47.3 Å². The maximum Gasteiger partial charge on any atom is 0.271 e. The minimum atomic E-state index is -0.170. The van der Waals surface area contributed by atoms with Crippen LogP contribution in [-0.2, 0) is 6.42 Å². The monoisotopic (exact) mass is 305 g/mol. The van der Waals surface area contributed by atoms with E-state index in [9.17, 15) is 4.79 Å². The lowest BCUT2D eigenvalue weighted by atomic mass is 10.2. The molecule has 0 aliphatic rings. The molecule has 0 bridgehead atoms. The van der Waals surface area contributed by atoms with Gasteiger partial charge in [0.05, 0.1) is 0 Å². The summed E-state index contributed by atoms with van der Waals surface area (Å²) in [5, 5.41) is 2.84. The fraction of sp³-hybridized carbons (Fsp3) is 0.154. The number of carbonyl (C=O) groups is 1. The van der Waals surface area contributed by atoms with Crippen molar-refractivity contribution in [3.8, 4) is 0 Å². The number of rotatable bonds is 4. The Kier molecular flexibility index (Phi) is 4.41. The summed E-state index contributed by atoms with van der Waals surface area (Å²) in [4.78, 5) is 19.8. The Morgan fingerprint density at radius 2 is 2.00 bits per heavy atom. The number of hydrogen-bond acceptors (Lipinski definition) is 3. The van der Waals surface area contributed by atoms with Crippen molar-refractivity contribution in [2.45, 2.75) is 6.42 Å². The zero-order chi connectivity index (χ0) is 12.8. The number of hydrogen-bond donors (Lipinski definition) is 1. The minimum absolute atomic E-state index is 0.170. The van der Waals surface area contributed by atoms with Crippen molar-refractivity contribution in [2.75, 3.05) is 6.54 Å². The van der Waals surface area contributed by atoms with Crippen LogP contribution in [0.5, 0.6) is 0 Å². The minimum Gasteiger partial charge on any atom is -0.350 e. The first kappa shape index (κ1) is 12.7. The first-order valence-corrected chi connectivity index (χ1v) is 6.34. The molecule has 0 radical (unpaired) electrons. The van der Waals surface area contributed by atoms with Gasteiger partial charge in [-0.25, -0.2) is 4.98 Å². The standard InChI is InChI=1S/C13H12BrN3O/c14-11-2-1-6-16-12(11)13(18)17-9-5-10-3-7-15-8-4-10/h1-4,6-8H,5,9H2,(H,17,18). The maximum atomic E-state index is 11.8. The van der Waals surface area contributed by atoms with Gasteiger partial charge in [-0.15, -0.1) is 0 Å². The molecule has 92 valence electrons. The molecule has 0 spiro atoms. The molecule has 0 saturated carbocycles. The zero-order valence-corrected chi connectivity index (χ0v) is 11.2. The Morgan fingerprint density at radius 1 is 1.22 bits per heavy atom. The lowest BCUT2D eigenvalue weighted by molar-refractivity contribution is 0.0948. The summed E-state index contributed by atoms with van der Waals surface area (Å²) >= 11 is 3.30. The quantitative estimate of drug-likeness (QED) is 0.942. The molecule has 18 heavy (non-hydrogen) atoms. The van der Waals surface area contributed by atoms with Crippen molar-refractivity contribution in [1.82, 2.24) is 15.3 Å². The molecule has 2 rings (SSSR count). The van der Waals surface area contributed by atoms with Crippen LogP contribution >= 0.6 is 15.9 Å². The van der Waals surface area contributed by atoms with E-state index in [0.717, 1.165) is 12.0 Å². The first-order valence-electron chi connectivity index (χ1n) is 5.55. The molecule has 1 N–H and O–H groups in total. The largest absolute Gasteiger partial charge is 0.350 e. The lowest BCUT2D eigenvalue weighted by Crippen LogP contribution is -2.26. The number of amides is 1. The summed E-state index contributed by atoms with van der Waals surface area (Å²) in [7, 11) is 0. The second kappa shape index (κ2) is 6.26. The van der Waals surface area contributed by atoms with Gasteiger partial charge in [0, 0.05) is 29.6 Å². The first-order chi connectivity index (χ1) is 8.77. The lowest BCUT2D eigenvalue weighted by Gasteiger charge is -2.05. The van der Waals surface area contributed by atoms with Crippen molar-refractivity contribution in [2.24, 2.45) is 0 Å². The van der Waals surface area contributed by atoms with E-state index in [4.69, 9.17) is 0 Å². The van der Waals surface area contributed by atoms with Gasteiger partial charge in [-0.1, -0.05) is 0 Å². The highest BCUT2D eigenvalue weighted by molar-refractivity contribution is 9.10. The molecular formula is C13H12BrN3O. The van der Waals surface area contributed by atoms with Crippen LogP contribution in [0.1, 0.15) is 16.1 Å². The summed E-state index contributed by atoms with van der Waals surface area (Å²) < 4.78 is 0.700. The number of nitrogens with zero attached hydrogens (tertiary/aromatic N) is 2. The third kappa shape index (κ3) is 3.37. The molecule has 5 heteroatoms. The number of halogens is 1. The average Bonchev–Trinajstić information content (AvgIpc) is 2.40. The molecule has 2 heterocycles. The summed E-state index contributed by atoms with van der Waals surface area (Å²) in [5.41, 5.74) is 1.55. The van der Waals surface area contributed by atoms with Crippen molar-refractivity contribution >= 4 is 21.8 Å². The van der Waals surface area contributed by atoms with E-state index < -0.39 is 0 Å². The molecule has 0 unspecified atom stereocenters. The van der Waals surface area contributed by atoms with Crippen LogP contribution in [0, 0.1) is 0 Å². The Balaban J connectivity index is 1.88. The molecule has 0 aliphatic carbocycles. The third-order valence-electron chi connectivity index (χ3n) is 2.42. The fourth-order valence-corrected chi connectivity index (χ4v) is 1.94. The molecular weight excluding hydrogens is 294 g/mol. The molecule has 0 aliphatic heterocycles. The van der Waals surface area contributed by atoms with E-state index in [1.54, 1.807) is 30.7 Å². The van der Waals surface area contributed by atoms with Crippen LogP contribution in [0.4, 0.5) is 0 Å². The van der Waals surface area contributed by atoms with Gasteiger partial charge in [-0.05, 0) is 52.2 Å². The van der Waals surface area contributed by atoms with Crippen molar-refractivity contribution in [3.63, 3.8) is 0 Å². The van der Waals surface area contributed by atoms with Gasteiger partial charge >= 0.3 is 0 Å². The summed E-state index contributed by atoms with van der Waals surface area (Å²) in [6.45, 7) is 0.575. The molecule has 1 amide bonds. The Labute approximate surface area is 114 Å². The number of aromatic nitrogens is 2. The van der Waals surface area contributed by atoms with E-state index in [1.807, 2.05) is 12.1 Å². The number of pyridine rings is 2. The van der Waals surface area contributed by atoms with Gasteiger partial charge in [0.25, 0.3) is 5.91 Å². The van der Waals surface area contributed by atoms with Crippen LogP contribution in [0.2, 0.25) is 0 Å². The van der Waals surface area contributed by atoms with E-state index in [-0.39, 0.29) is 5.91 Å². The van der Waals surface area contributed by atoms with E-state index in [2.05, 4.69) is 31.2 Å². The van der Waals surface area contributed by atoms with Crippen LogP contribution in [-0.4, -0.2) is 22.4 Å². The number of nitrogens with one attached hydrogen (secondary N) is 1. The highest BCUT2D eigenvalue weighted by atomic mass is 79.9. The Morgan fingerprint density at radius 3 is 2.72 bits per heavy atom. The predicted molar refractivity (Wildman–Crippen MR) is 72.2 cm³/mol. The predicted octanol–water partition coefficient (Wildman–Crippen LogP) is 2.21. The highest BCUT2D eigenvalue weighted by Crippen LogP contribution is 2.12. The molecule has 0 aromatic carbocycles. The van der Waals surface area contributed by atoms with Gasteiger partial charge in [0.15, 0.2) is 0 Å².